The van der Waals surface area contributed by atoms with Gasteiger partial charge in [0.2, 0.25) is 0 Å². The number of H-pyrrole nitrogens is 2. The Hall–Kier alpha value is -4.22. The van der Waals surface area contributed by atoms with Crippen molar-refractivity contribution in [2.45, 2.75) is 0 Å². The van der Waals surface area contributed by atoms with Gasteiger partial charge in [-0.15, -0.1) is 11.3 Å². The molecule has 7 rings (SSSR count). The molecule has 0 aliphatic rings. The first-order chi connectivity index (χ1) is 16.4. The summed E-state index contributed by atoms with van der Waals surface area (Å²) < 4.78 is 8.20. The molecule has 6 heterocycles. The lowest BCUT2D eigenvalue weighted by Gasteiger charge is -2.08. The van der Waals surface area contributed by atoms with E-state index in [1.807, 2.05) is 18.3 Å². The second kappa shape index (κ2) is 7.15. The molecule has 6 aromatic heterocycles. The molecule has 0 atom stereocenters. The maximum absolute atomic E-state index is 5.86. The van der Waals surface area contributed by atoms with Crippen LogP contribution in [-0.4, -0.2) is 14.4 Å². The molecule has 0 radical (unpaired) electrons. The topological polar surface area (TPSA) is 49.1 Å². The molecule has 5 heteroatoms. The smallest absolute Gasteiger partial charge is 0.150 e. The first kappa shape index (κ1) is 18.4. The Kier molecular flexibility index (Phi) is 3.98. The minimum Gasteiger partial charge on any atom is -0.463 e. The molecular formula is C28H19N3OS. The van der Waals surface area contributed by atoms with Crippen LogP contribution in [0.1, 0.15) is 0 Å². The normalized spacial score (nSPS) is 11.6. The number of para-hydroxylation sites is 1. The highest BCUT2D eigenvalue weighted by molar-refractivity contribution is 7.13. The van der Waals surface area contributed by atoms with E-state index in [0.717, 1.165) is 39.6 Å². The largest absolute Gasteiger partial charge is 0.463 e. The number of furan rings is 1. The maximum atomic E-state index is 5.86. The molecule has 0 aliphatic carbocycles. The Morgan fingerprint density at radius 1 is 0.788 bits per heavy atom. The molecular weight excluding hydrogens is 426 g/mol. The fourth-order valence-electron chi connectivity index (χ4n) is 4.80. The number of nitrogens with one attached hydrogen (secondary N) is 2. The summed E-state index contributed by atoms with van der Waals surface area (Å²) in [6.45, 7) is 0. The molecule has 7 aromatic rings. The van der Waals surface area contributed by atoms with Crippen LogP contribution in [0.3, 0.4) is 0 Å². The predicted octanol–water partition coefficient (Wildman–Crippen LogP) is 8.07. The molecule has 1 aromatic carbocycles. The summed E-state index contributed by atoms with van der Waals surface area (Å²) >= 11 is 1.75. The molecule has 4 nitrogen and oxygen atoms in total. The van der Waals surface area contributed by atoms with Crippen molar-refractivity contribution in [2.75, 3.05) is 0 Å². The van der Waals surface area contributed by atoms with E-state index in [9.17, 15) is 0 Å². The average Bonchev–Trinajstić information content (AvgIpc) is 3.67. The zero-order valence-corrected chi connectivity index (χ0v) is 18.4. The number of rotatable bonds is 4. The first-order valence-corrected chi connectivity index (χ1v) is 11.7. The van der Waals surface area contributed by atoms with Crippen LogP contribution in [-0.2, 0) is 0 Å². The molecule has 0 amide bonds. The van der Waals surface area contributed by atoms with Gasteiger partial charge in [-0.3, -0.25) is 0 Å². The van der Waals surface area contributed by atoms with Crippen LogP contribution in [0.5, 0.6) is 0 Å². The Balaban J connectivity index is 1.68. The van der Waals surface area contributed by atoms with Crippen molar-refractivity contribution in [3.63, 3.8) is 0 Å². The number of aromatic amines is 2. The van der Waals surface area contributed by atoms with E-state index in [-0.39, 0.29) is 0 Å². The van der Waals surface area contributed by atoms with E-state index in [2.05, 4.69) is 92.5 Å². The third-order valence-corrected chi connectivity index (χ3v) is 7.03. The summed E-state index contributed by atoms with van der Waals surface area (Å²) in [5.41, 5.74) is 8.96. The fraction of sp³-hybridized carbons (Fsp3) is 0. The Bertz CT molecular complexity index is 1670. The number of hydrogen-bond donors (Lipinski definition) is 2. The van der Waals surface area contributed by atoms with Crippen molar-refractivity contribution in [3.05, 3.63) is 103 Å². The van der Waals surface area contributed by atoms with Crippen LogP contribution >= 0.6 is 11.3 Å². The van der Waals surface area contributed by atoms with E-state index in [4.69, 9.17) is 4.42 Å². The number of aromatic nitrogens is 3. The van der Waals surface area contributed by atoms with E-state index in [1.54, 1.807) is 17.6 Å². The van der Waals surface area contributed by atoms with Gasteiger partial charge < -0.3 is 18.8 Å². The summed E-state index contributed by atoms with van der Waals surface area (Å²) in [6.07, 6.45) is 3.71. The summed E-state index contributed by atoms with van der Waals surface area (Å²) in [6, 6.07) is 29.5. The van der Waals surface area contributed by atoms with Gasteiger partial charge in [0.15, 0.2) is 5.76 Å². The number of benzene rings is 1. The van der Waals surface area contributed by atoms with Gasteiger partial charge in [-0.25, -0.2) is 0 Å². The van der Waals surface area contributed by atoms with Crippen molar-refractivity contribution >= 4 is 27.8 Å². The predicted molar refractivity (Wildman–Crippen MR) is 135 cm³/mol. The average molecular weight is 446 g/mol. The zero-order valence-electron chi connectivity index (χ0n) is 17.6. The van der Waals surface area contributed by atoms with Crippen molar-refractivity contribution < 1.29 is 4.42 Å². The number of fused-ring (bicyclic) bond motifs is 2. The molecule has 0 unspecified atom stereocenters. The molecule has 2 N–H and O–H groups in total. The highest BCUT2D eigenvalue weighted by Crippen LogP contribution is 2.47. The monoisotopic (exact) mass is 445 g/mol. The van der Waals surface area contributed by atoms with Gasteiger partial charge in [0.25, 0.3) is 0 Å². The Morgan fingerprint density at radius 3 is 2.55 bits per heavy atom. The van der Waals surface area contributed by atoms with E-state index in [1.165, 1.54) is 21.4 Å². The second-order valence-corrected chi connectivity index (χ2v) is 8.99. The fourth-order valence-corrected chi connectivity index (χ4v) is 5.56. The van der Waals surface area contributed by atoms with Gasteiger partial charge in [0, 0.05) is 39.6 Å². The number of pyridine rings is 1. The quantitative estimate of drug-likeness (QED) is 0.283. The molecule has 0 fully saturated rings. The van der Waals surface area contributed by atoms with Gasteiger partial charge in [-0.05, 0) is 60.0 Å². The number of nitrogens with zero attached hydrogens (tertiary/aromatic N) is 1. The zero-order chi connectivity index (χ0) is 21.8. The summed E-state index contributed by atoms with van der Waals surface area (Å²) in [4.78, 5) is 8.35. The van der Waals surface area contributed by atoms with Crippen molar-refractivity contribution in [1.82, 2.24) is 14.4 Å². The second-order valence-electron chi connectivity index (χ2n) is 8.04. The lowest BCUT2D eigenvalue weighted by Crippen LogP contribution is -1.93. The lowest BCUT2D eigenvalue weighted by atomic mass is 10.0. The molecule has 0 saturated heterocycles. The minimum atomic E-state index is 0.842. The van der Waals surface area contributed by atoms with Crippen molar-refractivity contribution in [3.8, 4) is 44.5 Å². The van der Waals surface area contributed by atoms with Crippen LogP contribution in [0.4, 0.5) is 0 Å². The van der Waals surface area contributed by atoms with Crippen molar-refractivity contribution in [2.24, 2.45) is 0 Å². The summed E-state index contributed by atoms with van der Waals surface area (Å²) in [5, 5.41) is 3.33. The van der Waals surface area contributed by atoms with Gasteiger partial charge >= 0.3 is 0 Å². The first-order valence-electron chi connectivity index (χ1n) is 10.9. The number of hydrogen-bond acceptors (Lipinski definition) is 2. The van der Waals surface area contributed by atoms with Crippen LogP contribution < -0.4 is 0 Å². The molecule has 0 saturated carbocycles. The van der Waals surface area contributed by atoms with E-state index >= 15 is 0 Å². The van der Waals surface area contributed by atoms with Crippen LogP contribution in [0.25, 0.3) is 61.0 Å². The van der Waals surface area contributed by atoms with Crippen molar-refractivity contribution in [1.29, 1.82) is 0 Å². The van der Waals surface area contributed by atoms with Crippen LogP contribution in [0.2, 0.25) is 0 Å². The minimum absolute atomic E-state index is 0.842. The SMILES string of the molecule is c1c[nH]c(-c2c(-c3cc4ccccc4[nH]3)c3cccc(-c4ccco4)n3c2-c2cccs2)c1. The molecule has 158 valence electrons. The summed E-state index contributed by atoms with van der Waals surface area (Å²) in [7, 11) is 0. The standard InChI is InChI=1S/C28H19N3OS/c1-2-8-19-18(7-1)17-21(30-19)26-23-11-3-10-22(24-12-5-15-32-24)31(23)28(25-13-6-16-33-25)27(26)20-9-4-14-29-20/h1-17,29-30H. The van der Waals surface area contributed by atoms with Gasteiger partial charge in [-0.2, -0.15) is 0 Å². The highest BCUT2D eigenvalue weighted by atomic mass is 32.1. The molecule has 0 aliphatic heterocycles. The maximum Gasteiger partial charge on any atom is 0.150 e. The highest BCUT2D eigenvalue weighted by Gasteiger charge is 2.26. The summed E-state index contributed by atoms with van der Waals surface area (Å²) in [5.74, 6) is 0.842. The number of thiophene rings is 1. The Morgan fingerprint density at radius 2 is 1.76 bits per heavy atom. The van der Waals surface area contributed by atoms with Gasteiger partial charge in [-0.1, -0.05) is 30.3 Å². The third-order valence-electron chi connectivity index (χ3n) is 6.15. The van der Waals surface area contributed by atoms with Gasteiger partial charge in [0.1, 0.15) is 0 Å². The molecule has 33 heavy (non-hydrogen) atoms. The third kappa shape index (κ3) is 2.76. The molecule has 0 bridgehead atoms. The van der Waals surface area contributed by atoms with E-state index in [0.29, 0.717) is 0 Å². The Labute approximate surface area is 193 Å². The van der Waals surface area contributed by atoms with Crippen LogP contribution in [0, 0.1) is 0 Å². The van der Waals surface area contributed by atoms with Gasteiger partial charge in [0.05, 0.1) is 28.0 Å². The van der Waals surface area contributed by atoms with Crippen LogP contribution in [0.15, 0.2) is 107 Å². The lowest BCUT2D eigenvalue weighted by molar-refractivity contribution is 0.579. The molecule has 0 spiro atoms. The van der Waals surface area contributed by atoms with E-state index < -0.39 is 0 Å².